The molecule has 0 saturated heterocycles. The van der Waals surface area contributed by atoms with Crippen LogP contribution in [0.15, 0.2) is 18.2 Å². The van der Waals surface area contributed by atoms with Crippen molar-refractivity contribution < 1.29 is 13.9 Å². The highest BCUT2D eigenvalue weighted by Gasteiger charge is 2.35. The van der Waals surface area contributed by atoms with Crippen LogP contribution in [0.25, 0.3) is 0 Å². The summed E-state index contributed by atoms with van der Waals surface area (Å²) in [5.74, 6) is 0.0312. The van der Waals surface area contributed by atoms with Crippen LogP contribution in [0.3, 0.4) is 0 Å². The van der Waals surface area contributed by atoms with Gasteiger partial charge in [-0.15, -0.1) is 0 Å². The lowest BCUT2D eigenvalue weighted by Gasteiger charge is -2.40. The molecule has 1 aromatic carbocycles. The third-order valence-corrected chi connectivity index (χ3v) is 5.31. The van der Waals surface area contributed by atoms with Gasteiger partial charge >= 0.3 is 0 Å². The minimum atomic E-state index is -0.868. The highest BCUT2D eigenvalue weighted by atomic mass is 19.2. The second-order valence-corrected chi connectivity index (χ2v) is 6.50. The van der Waals surface area contributed by atoms with Gasteiger partial charge in [-0.3, -0.25) is 0 Å². The molecule has 1 nitrogen and oxygen atoms in total. The van der Waals surface area contributed by atoms with Gasteiger partial charge in [-0.2, -0.15) is 0 Å². The molecule has 1 N–H and O–H groups in total. The van der Waals surface area contributed by atoms with Gasteiger partial charge in [-0.1, -0.05) is 31.7 Å². The standard InChI is InChI=1S/C17H22F2O/c18-15-8-7-14(10-16(15)19)17(20)13-6-5-11-3-1-2-4-12(11)9-13/h7-8,10-13,17,20H,1-6,9H2. The molecule has 0 spiro atoms. The number of fused-ring (bicyclic) bond motifs is 1. The fourth-order valence-electron chi connectivity index (χ4n) is 4.16. The number of hydrogen-bond donors (Lipinski definition) is 1. The highest BCUT2D eigenvalue weighted by molar-refractivity contribution is 5.20. The first-order valence-corrected chi connectivity index (χ1v) is 7.78. The Kier molecular flexibility index (Phi) is 4.06. The molecule has 2 aliphatic rings. The van der Waals surface area contributed by atoms with E-state index in [1.807, 2.05) is 0 Å². The summed E-state index contributed by atoms with van der Waals surface area (Å²) in [4.78, 5) is 0. The van der Waals surface area contributed by atoms with Crippen LogP contribution in [0, 0.1) is 29.4 Å². The fourth-order valence-corrected chi connectivity index (χ4v) is 4.16. The van der Waals surface area contributed by atoms with E-state index in [4.69, 9.17) is 0 Å². The summed E-state index contributed by atoms with van der Waals surface area (Å²) < 4.78 is 26.3. The Bertz CT molecular complexity index is 474. The van der Waals surface area contributed by atoms with Crippen LogP contribution in [0.4, 0.5) is 8.78 Å². The van der Waals surface area contributed by atoms with Gasteiger partial charge in [0.05, 0.1) is 6.10 Å². The number of benzene rings is 1. The second kappa shape index (κ2) is 5.80. The van der Waals surface area contributed by atoms with Crippen LogP contribution in [-0.4, -0.2) is 5.11 Å². The molecule has 2 saturated carbocycles. The third kappa shape index (κ3) is 2.73. The van der Waals surface area contributed by atoms with Crippen molar-refractivity contribution >= 4 is 0 Å². The van der Waals surface area contributed by atoms with Crippen molar-refractivity contribution in [3.05, 3.63) is 35.4 Å². The predicted octanol–water partition coefficient (Wildman–Crippen LogP) is 4.60. The Morgan fingerprint density at radius 3 is 2.45 bits per heavy atom. The molecule has 0 aliphatic heterocycles. The molecule has 110 valence electrons. The number of aliphatic hydroxyl groups excluding tert-OH is 1. The lowest BCUT2D eigenvalue weighted by atomic mass is 9.66. The van der Waals surface area contributed by atoms with Gasteiger partial charge in [-0.05, 0) is 54.7 Å². The van der Waals surface area contributed by atoms with Gasteiger partial charge in [0.2, 0.25) is 0 Å². The topological polar surface area (TPSA) is 20.2 Å². The van der Waals surface area contributed by atoms with Gasteiger partial charge in [0.1, 0.15) is 0 Å². The Morgan fingerprint density at radius 2 is 1.70 bits per heavy atom. The minimum Gasteiger partial charge on any atom is -0.388 e. The number of halogens is 2. The van der Waals surface area contributed by atoms with E-state index in [2.05, 4.69) is 0 Å². The average Bonchev–Trinajstić information content (AvgIpc) is 2.49. The maximum Gasteiger partial charge on any atom is 0.159 e. The van der Waals surface area contributed by atoms with E-state index in [-0.39, 0.29) is 5.92 Å². The lowest BCUT2D eigenvalue weighted by molar-refractivity contribution is 0.0347. The van der Waals surface area contributed by atoms with Crippen molar-refractivity contribution in [3.63, 3.8) is 0 Å². The Morgan fingerprint density at radius 1 is 0.950 bits per heavy atom. The number of aliphatic hydroxyl groups is 1. The summed E-state index contributed by atoms with van der Waals surface area (Å²) in [6, 6.07) is 3.77. The normalized spacial score (nSPS) is 31.6. The van der Waals surface area contributed by atoms with Gasteiger partial charge in [0, 0.05) is 0 Å². The molecule has 0 radical (unpaired) electrons. The highest BCUT2D eigenvalue weighted by Crippen LogP contribution is 2.46. The van der Waals surface area contributed by atoms with Crippen LogP contribution in [-0.2, 0) is 0 Å². The molecule has 4 unspecified atom stereocenters. The molecule has 3 rings (SSSR count). The molecular weight excluding hydrogens is 258 g/mol. The predicted molar refractivity (Wildman–Crippen MR) is 74.1 cm³/mol. The summed E-state index contributed by atoms with van der Waals surface area (Å²) in [5.41, 5.74) is 0.517. The molecule has 20 heavy (non-hydrogen) atoms. The molecule has 4 atom stereocenters. The zero-order chi connectivity index (χ0) is 14.1. The lowest BCUT2D eigenvalue weighted by Crippen LogP contribution is -2.30. The number of rotatable bonds is 2. The first-order valence-electron chi connectivity index (χ1n) is 7.78. The first-order chi connectivity index (χ1) is 9.65. The largest absolute Gasteiger partial charge is 0.388 e. The van der Waals surface area contributed by atoms with Crippen LogP contribution >= 0.6 is 0 Å². The zero-order valence-corrected chi connectivity index (χ0v) is 11.7. The molecule has 2 aliphatic carbocycles. The monoisotopic (exact) mass is 280 g/mol. The maximum absolute atomic E-state index is 13.3. The van der Waals surface area contributed by atoms with E-state index in [1.54, 1.807) is 0 Å². The second-order valence-electron chi connectivity index (χ2n) is 6.50. The molecule has 0 bridgehead atoms. The van der Waals surface area contributed by atoms with Crippen molar-refractivity contribution in [3.8, 4) is 0 Å². The SMILES string of the molecule is OC(c1ccc(F)c(F)c1)C1CCC2CCCCC2C1. The summed E-state index contributed by atoms with van der Waals surface area (Å²) in [5, 5.41) is 10.5. The van der Waals surface area contributed by atoms with E-state index in [9.17, 15) is 13.9 Å². The van der Waals surface area contributed by atoms with Gasteiger partial charge in [-0.25, -0.2) is 8.78 Å². The van der Waals surface area contributed by atoms with Crippen LogP contribution in [0.1, 0.15) is 56.6 Å². The quantitative estimate of drug-likeness (QED) is 0.839. The van der Waals surface area contributed by atoms with Crippen LogP contribution in [0.5, 0.6) is 0 Å². The summed E-state index contributed by atoms with van der Waals surface area (Å²) in [7, 11) is 0. The van der Waals surface area contributed by atoms with E-state index >= 15 is 0 Å². The van der Waals surface area contributed by atoms with Crippen molar-refractivity contribution in [2.45, 2.75) is 51.0 Å². The Labute approximate surface area is 119 Å². The molecule has 2 fully saturated rings. The van der Waals surface area contributed by atoms with E-state index in [0.717, 1.165) is 36.8 Å². The fraction of sp³-hybridized carbons (Fsp3) is 0.647. The molecule has 0 amide bonds. The smallest absolute Gasteiger partial charge is 0.159 e. The minimum absolute atomic E-state index is 0.194. The molecule has 0 heterocycles. The van der Waals surface area contributed by atoms with Gasteiger partial charge in [0.25, 0.3) is 0 Å². The van der Waals surface area contributed by atoms with Crippen molar-refractivity contribution in [2.75, 3.05) is 0 Å². The molecule has 3 heteroatoms. The Hall–Kier alpha value is -0.960. The van der Waals surface area contributed by atoms with Gasteiger partial charge in [0.15, 0.2) is 11.6 Å². The Balaban J connectivity index is 1.70. The summed E-state index contributed by atoms with van der Waals surface area (Å²) in [6.07, 6.45) is 7.80. The van der Waals surface area contributed by atoms with E-state index in [1.165, 1.54) is 38.2 Å². The van der Waals surface area contributed by atoms with Gasteiger partial charge < -0.3 is 5.11 Å². The molecule has 1 aromatic rings. The first kappa shape index (κ1) is 14.0. The summed E-state index contributed by atoms with van der Waals surface area (Å²) in [6.45, 7) is 0. The average molecular weight is 280 g/mol. The molecular formula is C17H22F2O. The van der Waals surface area contributed by atoms with E-state index in [0.29, 0.717) is 5.56 Å². The maximum atomic E-state index is 13.3. The van der Waals surface area contributed by atoms with Crippen LogP contribution < -0.4 is 0 Å². The summed E-state index contributed by atoms with van der Waals surface area (Å²) >= 11 is 0. The zero-order valence-electron chi connectivity index (χ0n) is 11.7. The number of hydrogen-bond acceptors (Lipinski definition) is 1. The van der Waals surface area contributed by atoms with Crippen LogP contribution in [0.2, 0.25) is 0 Å². The van der Waals surface area contributed by atoms with E-state index < -0.39 is 17.7 Å². The third-order valence-electron chi connectivity index (χ3n) is 5.31. The molecule has 0 aromatic heterocycles. The van der Waals surface area contributed by atoms with Crippen molar-refractivity contribution in [1.29, 1.82) is 0 Å². The van der Waals surface area contributed by atoms with Crippen molar-refractivity contribution in [1.82, 2.24) is 0 Å². The van der Waals surface area contributed by atoms with Crippen molar-refractivity contribution in [2.24, 2.45) is 17.8 Å².